The first kappa shape index (κ1) is 25.4. The molecule has 0 radical (unpaired) electrons. The normalized spacial score (nSPS) is 16.3. The summed E-state index contributed by atoms with van der Waals surface area (Å²) in [6.07, 6.45) is -4.82. The molecule has 0 atom stereocenters. The van der Waals surface area contributed by atoms with Crippen molar-refractivity contribution in [3.8, 4) is 11.5 Å². The van der Waals surface area contributed by atoms with Crippen molar-refractivity contribution in [3.05, 3.63) is 53.1 Å². The second-order valence-electron chi connectivity index (χ2n) is 9.88. The van der Waals surface area contributed by atoms with Crippen molar-refractivity contribution in [2.24, 2.45) is 0 Å². The molecule has 1 saturated heterocycles. The summed E-state index contributed by atoms with van der Waals surface area (Å²) in [4.78, 5) is 28.9. The Balaban J connectivity index is 1.87. The molecule has 1 aliphatic heterocycles. The Labute approximate surface area is 197 Å². The molecular weight excluding hydrogens is 449 g/mol. The second kappa shape index (κ2) is 8.52. The Morgan fingerprint density at radius 2 is 1.44 bits per heavy atom. The van der Waals surface area contributed by atoms with Gasteiger partial charge < -0.3 is 9.47 Å². The Morgan fingerprint density at radius 3 is 1.91 bits per heavy atom. The number of carbonyl (C=O) groups excluding carboxylic acids is 2. The van der Waals surface area contributed by atoms with E-state index in [4.69, 9.17) is 4.74 Å². The Morgan fingerprint density at radius 1 is 0.912 bits per heavy atom. The van der Waals surface area contributed by atoms with Gasteiger partial charge in [-0.3, -0.25) is 14.6 Å². The molecule has 0 bridgehead atoms. The number of anilines is 1. The van der Waals surface area contributed by atoms with E-state index >= 15 is 0 Å². The number of aryl methyl sites for hydroxylation is 2. The molecule has 0 aliphatic carbocycles. The first-order valence-electron chi connectivity index (χ1n) is 10.8. The van der Waals surface area contributed by atoms with Crippen molar-refractivity contribution in [1.82, 2.24) is 4.90 Å². The molecule has 0 saturated carbocycles. The zero-order valence-corrected chi connectivity index (χ0v) is 20.3. The molecule has 2 aromatic carbocycles. The van der Waals surface area contributed by atoms with Crippen LogP contribution in [0.4, 0.5) is 23.7 Å². The standard InChI is InChI=1S/C25H29F3N2O4/c1-15-12-17(13-16(2)20(15)34-23(3,4)5)14-29-21(31)24(6,7)30(22(29)32)18-8-10-19(11-9-18)33-25(26,27)28/h8-13H,14H2,1-7H3. The van der Waals surface area contributed by atoms with E-state index < -0.39 is 29.6 Å². The van der Waals surface area contributed by atoms with E-state index in [9.17, 15) is 22.8 Å². The number of urea groups is 1. The zero-order valence-electron chi connectivity index (χ0n) is 20.3. The lowest BCUT2D eigenvalue weighted by atomic mass is 10.0. The highest BCUT2D eigenvalue weighted by Gasteiger charge is 2.52. The van der Waals surface area contributed by atoms with Crippen molar-refractivity contribution in [1.29, 1.82) is 0 Å². The van der Waals surface area contributed by atoms with Crippen LogP contribution in [0.3, 0.4) is 0 Å². The van der Waals surface area contributed by atoms with Gasteiger partial charge in [0.15, 0.2) is 0 Å². The minimum atomic E-state index is -4.82. The average Bonchev–Trinajstić information content (AvgIpc) is 2.83. The number of nitrogens with zero attached hydrogens (tertiary/aromatic N) is 2. The summed E-state index contributed by atoms with van der Waals surface area (Å²) in [6, 6.07) is 8.08. The third-order valence-corrected chi connectivity index (χ3v) is 5.35. The second-order valence-corrected chi connectivity index (χ2v) is 9.88. The fourth-order valence-electron chi connectivity index (χ4n) is 4.02. The first-order valence-corrected chi connectivity index (χ1v) is 10.8. The van der Waals surface area contributed by atoms with E-state index in [2.05, 4.69) is 4.74 Å². The lowest BCUT2D eigenvalue weighted by Gasteiger charge is -2.27. The van der Waals surface area contributed by atoms with Crippen LogP contribution in [-0.2, 0) is 11.3 Å². The molecule has 1 aliphatic rings. The molecule has 3 rings (SSSR count). The lowest BCUT2D eigenvalue weighted by molar-refractivity contribution is -0.274. The number of ether oxygens (including phenoxy) is 2. The number of carbonyl (C=O) groups is 2. The average molecular weight is 479 g/mol. The van der Waals surface area contributed by atoms with Gasteiger partial charge in [-0.15, -0.1) is 13.2 Å². The van der Waals surface area contributed by atoms with Crippen LogP contribution in [-0.4, -0.2) is 34.3 Å². The summed E-state index contributed by atoms with van der Waals surface area (Å²) in [7, 11) is 0. The molecule has 0 N–H and O–H groups in total. The molecule has 6 nitrogen and oxygen atoms in total. The summed E-state index contributed by atoms with van der Waals surface area (Å²) in [5.41, 5.74) is 1.25. The van der Waals surface area contributed by atoms with Gasteiger partial charge in [-0.1, -0.05) is 12.1 Å². The van der Waals surface area contributed by atoms with Gasteiger partial charge >= 0.3 is 12.4 Å². The van der Waals surface area contributed by atoms with Crippen LogP contribution in [0, 0.1) is 13.8 Å². The number of alkyl halides is 3. The molecule has 2 aromatic rings. The van der Waals surface area contributed by atoms with Crippen LogP contribution in [0.15, 0.2) is 36.4 Å². The molecule has 0 spiro atoms. The van der Waals surface area contributed by atoms with Gasteiger partial charge in [0.2, 0.25) is 0 Å². The number of hydrogen-bond donors (Lipinski definition) is 0. The highest BCUT2D eigenvalue weighted by Crippen LogP contribution is 2.36. The van der Waals surface area contributed by atoms with Gasteiger partial charge in [-0.05, 0) is 89.4 Å². The van der Waals surface area contributed by atoms with E-state index in [1.807, 2.05) is 46.8 Å². The van der Waals surface area contributed by atoms with Gasteiger partial charge in [-0.2, -0.15) is 0 Å². The van der Waals surface area contributed by atoms with Gasteiger partial charge in [0.1, 0.15) is 22.6 Å². The van der Waals surface area contributed by atoms with Gasteiger partial charge in [-0.25, -0.2) is 4.79 Å². The maximum Gasteiger partial charge on any atom is 0.573 e. The molecular formula is C25H29F3N2O4. The SMILES string of the molecule is Cc1cc(CN2C(=O)N(c3ccc(OC(F)(F)F)cc3)C(C)(C)C2=O)cc(C)c1OC(C)(C)C. The summed E-state index contributed by atoms with van der Waals surface area (Å²) in [6.45, 7) is 13.0. The summed E-state index contributed by atoms with van der Waals surface area (Å²) in [5.74, 6) is -0.0516. The highest BCUT2D eigenvalue weighted by molar-refractivity contribution is 6.16. The molecule has 1 heterocycles. The van der Waals surface area contributed by atoms with Crippen molar-refractivity contribution < 1.29 is 32.2 Å². The molecule has 3 amide bonds. The maximum absolute atomic E-state index is 13.3. The van der Waals surface area contributed by atoms with Crippen molar-refractivity contribution in [2.75, 3.05) is 4.90 Å². The number of halogens is 3. The smallest absolute Gasteiger partial charge is 0.488 e. The monoisotopic (exact) mass is 478 g/mol. The fourth-order valence-corrected chi connectivity index (χ4v) is 4.02. The maximum atomic E-state index is 13.3. The predicted octanol–water partition coefficient (Wildman–Crippen LogP) is 6.13. The zero-order chi connectivity index (χ0) is 25.6. The first-order chi connectivity index (χ1) is 15.5. The predicted molar refractivity (Wildman–Crippen MR) is 122 cm³/mol. The van der Waals surface area contributed by atoms with E-state index in [1.54, 1.807) is 13.8 Å². The molecule has 1 fully saturated rings. The Hall–Kier alpha value is -3.23. The minimum Gasteiger partial charge on any atom is -0.488 e. The number of rotatable bonds is 5. The number of amides is 3. The van der Waals surface area contributed by atoms with Gasteiger partial charge in [0, 0.05) is 5.69 Å². The topological polar surface area (TPSA) is 59.1 Å². The lowest BCUT2D eigenvalue weighted by Crippen LogP contribution is -2.44. The van der Waals surface area contributed by atoms with E-state index in [1.165, 1.54) is 17.0 Å². The van der Waals surface area contributed by atoms with Crippen LogP contribution in [0.2, 0.25) is 0 Å². The molecule has 0 aromatic heterocycles. The summed E-state index contributed by atoms with van der Waals surface area (Å²) in [5, 5.41) is 0. The summed E-state index contributed by atoms with van der Waals surface area (Å²) < 4.78 is 47.3. The van der Waals surface area contributed by atoms with E-state index in [-0.39, 0.29) is 12.1 Å². The summed E-state index contributed by atoms with van der Waals surface area (Å²) >= 11 is 0. The largest absolute Gasteiger partial charge is 0.573 e. The third kappa shape index (κ3) is 5.29. The molecule has 9 heteroatoms. The van der Waals surface area contributed by atoms with E-state index in [0.717, 1.165) is 39.5 Å². The van der Waals surface area contributed by atoms with Gasteiger partial charge in [0.25, 0.3) is 5.91 Å². The highest BCUT2D eigenvalue weighted by atomic mass is 19.4. The number of hydrogen-bond acceptors (Lipinski definition) is 4. The molecule has 184 valence electrons. The number of imide groups is 1. The minimum absolute atomic E-state index is 0.0599. The Kier molecular flexibility index (Phi) is 6.37. The van der Waals surface area contributed by atoms with Crippen molar-refractivity contribution in [3.63, 3.8) is 0 Å². The molecule has 34 heavy (non-hydrogen) atoms. The van der Waals surface area contributed by atoms with Crippen LogP contribution < -0.4 is 14.4 Å². The quantitative estimate of drug-likeness (QED) is 0.486. The van der Waals surface area contributed by atoms with Crippen molar-refractivity contribution in [2.45, 2.75) is 72.5 Å². The Bertz CT molecular complexity index is 1080. The third-order valence-electron chi connectivity index (χ3n) is 5.35. The fraction of sp³-hybridized carbons (Fsp3) is 0.440. The van der Waals surface area contributed by atoms with Crippen LogP contribution in [0.25, 0.3) is 0 Å². The number of benzene rings is 2. The van der Waals surface area contributed by atoms with Crippen LogP contribution in [0.1, 0.15) is 51.3 Å². The molecule has 0 unspecified atom stereocenters. The van der Waals surface area contributed by atoms with Crippen LogP contribution >= 0.6 is 0 Å². The van der Waals surface area contributed by atoms with E-state index in [0.29, 0.717) is 5.69 Å². The van der Waals surface area contributed by atoms with Gasteiger partial charge in [0.05, 0.1) is 6.54 Å². The van der Waals surface area contributed by atoms with Crippen molar-refractivity contribution >= 4 is 17.6 Å². The van der Waals surface area contributed by atoms with Crippen LogP contribution in [0.5, 0.6) is 11.5 Å².